The molecule has 2 rings (SSSR count). The fourth-order valence-electron chi connectivity index (χ4n) is 2.22. The number of hydrogen-bond donors (Lipinski definition) is 1. The van der Waals surface area contributed by atoms with Crippen LogP contribution in [-0.2, 0) is 0 Å². The lowest BCUT2D eigenvalue weighted by Crippen LogP contribution is -2.38. The molecule has 1 N–H and O–H groups in total. The summed E-state index contributed by atoms with van der Waals surface area (Å²) in [6, 6.07) is 0.522. The molecule has 58 valence electrons. The molecule has 0 aromatic carbocycles. The third-order valence-corrected chi connectivity index (χ3v) is 2.82. The topological polar surface area (TPSA) is 23.5 Å². The van der Waals surface area contributed by atoms with Crippen LogP contribution in [0.2, 0.25) is 0 Å². The third-order valence-electron chi connectivity index (χ3n) is 2.82. The molecule has 10 heavy (non-hydrogen) atoms. The van der Waals surface area contributed by atoms with Crippen molar-refractivity contribution in [2.24, 2.45) is 0 Å². The Kier molecular flexibility index (Phi) is 1.66. The Morgan fingerprint density at radius 2 is 2.00 bits per heavy atom. The molecular formula is C8H15NO. The van der Waals surface area contributed by atoms with Gasteiger partial charge in [0.1, 0.15) is 0 Å². The van der Waals surface area contributed by atoms with Crippen LogP contribution in [0.3, 0.4) is 0 Å². The molecule has 2 aliphatic rings. The van der Waals surface area contributed by atoms with Crippen molar-refractivity contribution in [1.29, 1.82) is 0 Å². The first kappa shape index (κ1) is 6.62. The summed E-state index contributed by atoms with van der Waals surface area (Å²) in [4.78, 5) is 2.44. The van der Waals surface area contributed by atoms with Crippen molar-refractivity contribution in [3.8, 4) is 0 Å². The van der Waals surface area contributed by atoms with E-state index in [1.807, 2.05) is 0 Å². The van der Waals surface area contributed by atoms with E-state index in [0.717, 1.165) is 13.0 Å². The van der Waals surface area contributed by atoms with E-state index in [0.29, 0.717) is 6.04 Å². The van der Waals surface area contributed by atoms with Gasteiger partial charge in [-0.25, -0.2) is 0 Å². The SMILES string of the molecule is OC1CCN2CCCCC12. The van der Waals surface area contributed by atoms with E-state index in [1.54, 1.807) is 0 Å². The van der Waals surface area contributed by atoms with Crippen LogP contribution < -0.4 is 0 Å². The second kappa shape index (κ2) is 2.51. The van der Waals surface area contributed by atoms with Crippen molar-refractivity contribution in [1.82, 2.24) is 4.90 Å². The molecule has 0 saturated carbocycles. The minimum Gasteiger partial charge on any atom is -0.391 e. The molecule has 0 aromatic heterocycles. The Morgan fingerprint density at radius 3 is 2.80 bits per heavy atom. The van der Waals surface area contributed by atoms with Crippen LogP contribution in [0.5, 0.6) is 0 Å². The maximum Gasteiger partial charge on any atom is 0.0707 e. The molecule has 0 aromatic rings. The minimum absolute atomic E-state index is 0.0136. The molecule has 2 heteroatoms. The molecule has 0 radical (unpaired) electrons. The van der Waals surface area contributed by atoms with Crippen LogP contribution in [0.1, 0.15) is 25.7 Å². The molecular weight excluding hydrogens is 126 g/mol. The molecule has 0 aliphatic carbocycles. The quantitative estimate of drug-likeness (QED) is 0.534. The van der Waals surface area contributed by atoms with Gasteiger partial charge < -0.3 is 5.11 Å². The Balaban J connectivity index is 2.01. The lowest BCUT2D eigenvalue weighted by Gasteiger charge is -2.30. The zero-order valence-electron chi connectivity index (χ0n) is 6.29. The number of piperidine rings is 1. The van der Waals surface area contributed by atoms with E-state index in [-0.39, 0.29) is 6.10 Å². The number of aliphatic hydroxyl groups excluding tert-OH is 1. The standard InChI is InChI=1S/C8H15NO/c10-8-4-6-9-5-2-1-3-7(8)9/h7-8,10H,1-6H2. The molecule has 2 nitrogen and oxygen atoms in total. The van der Waals surface area contributed by atoms with Crippen LogP contribution in [0.15, 0.2) is 0 Å². The summed E-state index contributed by atoms with van der Waals surface area (Å²) >= 11 is 0. The van der Waals surface area contributed by atoms with Gasteiger partial charge in [0.05, 0.1) is 6.10 Å². The molecule has 2 saturated heterocycles. The Bertz CT molecular complexity index is 124. The average Bonchev–Trinajstić information content (AvgIpc) is 2.34. The molecule has 2 aliphatic heterocycles. The van der Waals surface area contributed by atoms with Gasteiger partial charge in [0, 0.05) is 12.6 Å². The lowest BCUT2D eigenvalue weighted by atomic mass is 10.0. The summed E-state index contributed by atoms with van der Waals surface area (Å²) < 4.78 is 0. The second-order valence-electron chi connectivity index (χ2n) is 3.46. The van der Waals surface area contributed by atoms with Gasteiger partial charge in [-0.3, -0.25) is 4.90 Å². The van der Waals surface area contributed by atoms with Gasteiger partial charge in [0.25, 0.3) is 0 Å². The van der Waals surface area contributed by atoms with E-state index in [2.05, 4.69) is 4.90 Å². The lowest BCUT2D eigenvalue weighted by molar-refractivity contribution is 0.0914. The Labute approximate surface area is 61.8 Å². The van der Waals surface area contributed by atoms with Gasteiger partial charge in [-0.1, -0.05) is 6.42 Å². The predicted molar refractivity (Wildman–Crippen MR) is 39.8 cm³/mol. The summed E-state index contributed by atoms with van der Waals surface area (Å²) in [5.41, 5.74) is 0. The van der Waals surface area contributed by atoms with E-state index < -0.39 is 0 Å². The monoisotopic (exact) mass is 141 g/mol. The number of aliphatic hydroxyl groups is 1. The first-order chi connectivity index (χ1) is 4.88. The van der Waals surface area contributed by atoms with Gasteiger partial charge in [0.2, 0.25) is 0 Å². The molecule has 2 atom stereocenters. The van der Waals surface area contributed by atoms with Gasteiger partial charge in [-0.2, -0.15) is 0 Å². The first-order valence-electron chi connectivity index (χ1n) is 4.30. The maximum absolute atomic E-state index is 9.48. The van der Waals surface area contributed by atoms with Crippen molar-refractivity contribution >= 4 is 0 Å². The average molecular weight is 141 g/mol. The third kappa shape index (κ3) is 0.956. The van der Waals surface area contributed by atoms with Crippen LogP contribution in [0, 0.1) is 0 Å². The zero-order valence-corrected chi connectivity index (χ0v) is 6.29. The van der Waals surface area contributed by atoms with Crippen molar-refractivity contribution in [3.63, 3.8) is 0 Å². The van der Waals surface area contributed by atoms with Crippen molar-refractivity contribution < 1.29 is 5.11 Å². The normalized spacial score (nSPS) is 41.7. The molecule has 2 unspecified atom stereocenters. The number of nitrogens with zero attached hydrogens (tertiary/aromatic N) is 1. The number of hydrogen-bond acceptors (Lipinski definition) is 2. The van der Waals surface area contributed by atoms with Gasteiger partial charge in [0.15, 0.2) is 0 Å². The highest BCUT2D eigenvalue weighted by atomic mass is 16.3. The van der Waals surface area contributed by atoms with E-state index >= 15 is 0 Å². The van der Waals surface area contributed by atoms with E-state index in [4.69, 9.17) is 0 Å². The fraction of sp³-hybridized carbons (Fsp3) is 1.00. The van der Waals surface area contributed by atoms with Crippen LogP contribution in [-0.4, -0.2) is 35.2 Å². The highest BCUT2D eigenvalue weighted by molar-refractivity contribution is 4.89. The Morgan fingerprint density at radius 1 is 1.10 bits per heavy atom. The highest BCUT2D eigenvalue weighted by Crippen LogP contribution is 2.26. The minimum atomic E-state index is -0.0136. The van der Waals surface area contributed by atoms with Crippen molar-refractivity contribution in [2.75, 3.05) is 13.1 Å². The van der Waals surface area contributed by atoms with Crippen molar-refractivity contribution in [2.45, 2.75) is 37.8 Å². The smallest absolute Gasteiger partial charge is 0.0707 e. The molecule has 2 fully saturated rings. The van der Waals surface area contributed by atoms with Gasteiger partial charge in [-0.05, 0) is 25.8 Å². The highest BCUT2D eigenvalue weighted by Gasteiger charge is 2.33. The fourth-order valence-corrected chi connectivity index (χ4v) is 2.22. The van der Waals surface area contributed by atoms with E-state index in [1.165, 1.54) is 25.8 Å². The van der Waals surface area contributed by atoms with Crippen LogP contribution in [0.25, 0.3) is 0 Å². The molecule has 2 heterocycles. The summed E-state index contributed by atoms with van der Waals surface area (Å²) in [6.45, 7) is 2.35. The van der Waals surface area contributed by atoms with Gasteiger partial charge >= 0.3 is 0 Å². The molecule has 0 bridgehead atoms. The largest absolute Gasteiger partial charge is 0.391 e. The Hall–Kier alpha value is -0.0800. The molecule has 0 spiro atoms. The summed E-state index contributed by atoms with van der Waals surface area (Å²) in [5, 5.41) is 9.48. The predicted octanol–water partition coefficient (Wildman–Crippen LogP) is 0.606. The van der Waals surface area contributed by atoms with Crippen LogP contribution in [0.4, 0.5) is 0 Å². The zero-order chi connectivity index (χ0) is 6.97. The summed E-state index contributed by atoms with van der Waals surface area (Å²) in [6.07, 6.45) is 4.87. The van der Waals surface area contributed by atoms with Crippen molar-refractivity contribution in [3.05, 3.63) is 0 Å². The summed E-state index contributed by atoms with van der Waals surface area (Å²) in [5.74, 6) is 0. The maximum atomic E-state index is 9.48. The van der Waals surface area contributed by atoms with Crippen LogP contribution >= 0.6 is 0 Å². The number of fused-ring (bicyclic) bond motifs is 1. The second-order valence-corrected chi connectivity index (χ2v) is 3.46. The van der Waals surface area contributed by atoms with E-state index in [9.17, 15) is 5.11 Å². The van der Waals surface area contributed by atoms with Gasteiger partial charge in [-0.15, -0.1) is 0 Å². The molecule has 0 amide bonds. The number of rotatable bonds is 0. The summed E-state index contributed by atoms with van der Waals surface area (Å²) in [7, 11) is 0. The first-order valence-corrected chi connectivity index (χ1v) is 4.30.